The summed E-state index contributed by atoms with van der Waals surface area (Å²) in [7, 11) is 0. The molecule has 1 atom stereocenters. The summed E-state index contributed by atoms with van der Waals surface area (Å²) in [5.74, 6) is 0.711. The van der Waals surface area contributed by atoms with Crippen LogP contribution in [0.4, 0.5) is 0 Å². The lowest BCUT2D eigenvalue weighted by atomic mass is 10.0. The van der Waals surface area contributed by atoms with Crippen molar-refractivity contribution in [3.8, 4) is 0 Å². The first-order chi connectivity index (χ1) is 6.19. The molecule has 0 saturated carbocycles. The molecule has 1 rings (SSSR count). The van der Waals surface area contributed by atoms with Crippen LogP contribution in [-0.2, 0) is 0 Å². The maximum atomic E-state index is 3.82. The first-order valence-electron chi connectivity index (χ1n) is 4.91. The highest BCUT2D eigenvalue weighted by Gasteiger charge is 2.08. The van der Waals surface area contributed by atoms with Gasteiger partial charge in [0.25, 0.3) is 0 Å². The van der Waals surface area contributed by atoms with Gasteiger partial charge in [-0.05, 0) is 30.9 Å². The molecule has 1 heterocycles. The number of aryl methyl sites for hydroxylation is 1. The van der Waals surface area contributed by atoms with E-state index in [1.54, 1.807) is 0 Å². The zero-order chi connectivity index (χ0) is 9.84. The van der Waals surface area contributed by atoms with E-state index in [-0.39, 0.29) is 0 Å². The molecule has 0 amide bonds. The van der Waals surface area contributed by atoms with E-state index in [0.717, 1.165) is 0 Å². The third-order valence-electron chi connectivity index (χ3n) is 2.40. The Bertz CT molecular complexity index is 283. The van der Waals surface area contributed by atoms with Gasteiger partial charge in [-0.2, -0.15) is 0 Å². The second kappa shape index (κ2) is 4.61. The SMILES string of the molecule is C=Cc1cc(C(C)CCC)sc1C. The van der Waals surface area contributed by atoms with Crippen LogP contribution >= 0.6 is 11.3 Å². The predicted molar refractivity (Wildman–Crippen MR) is 62.5 cm³/mol. The highest BCUT2D eigenvalue weighted by molar-refractivity contribution is 7.12. The summed E-state index contributed by atoms with van der Waals surface area (Å²) >= 11 is 1.92. The van der Waals surface area contributed by atoms with Crippen molar-refractivity contribution in [3.05, 3.63) is 28.0 Å². The molecule has 0 saturated heterocycles. The summed E-state index contributed by atoms with van der Waals surface area (Å²) < 4.78 is 0. The number of rotatable bonds is 4. The third kappa shape index (κ3) is 2.44. The molecule has 0 fully saturated rings. The van der Waals surface area contributed by atoms with E-state index < -0.39 is 0 Å². The van der Waals surface area contributed by atoms with Crippen molar-refractivity contribution in [2.24, 2.45) is 0 Å². The molecular formula is C12H18S. The predicted octanol–water partition coefficient (Wildman–Crippen LogP) is 4.60. The summed E-state index contributed by atoms with van der Waals surface area (Å²) in [6.07, 6.45) is 4.51. The van der Waals surface area contributed by atoms with Crippen molar-refractivity contribution in [1.29, 1.82) is 0 Å². The number of hydrogen-bond acceptors (Lipinski definition) is 1. The van der Waals surface area contributed by atoms with E-state index in [0.29, 0.717) is 5.92 Å². The van der Waals surface area contributed by atoms with Crippen molar-refractivity contribution in [3.63, 3.8) is 0 Å². The minimum absolute atomic E-state index is 0.711. The fraction of sp³-hybridized carbons (Fsp3) is 0.500. The third-order valence-corrected chi connectivity index (χ3v) is 3.70. The molecule has 72 valence electrons. The minimum atomic E-state index is 0.711. The molecule has 13 heavy (non-hydrogen) atoms. The lowest BCUT2D eigenvalue weighted by Gasteiger charge is -2.05. The van der Waals surface area contributed by atoms with Gasteiger partial charge in [0.15, 0.2) is 0 Å². The molecule has 0 N–H and O–H groups in total. The van der Waals surface area contributed by atoms with Gasteiger partial charge in [0, 0.05) is 9.75 Å². The zero-order valence-corrected chi connectivity index (χ0v) is 9.58. The molecule has 0 aliphatic rings. The van der Waals surface area contributed by atoms with Gasteiger partial charge < -0.3 is 0 Å². The summed E-state index contributed by atoms with van der Waals surface area (Å²) in [5, 5.41) is 0. The van der Waals surface area contributed by atoms with Crippen LogP contribution in [0, 0.1) is 6.92 Å². The van der Waals surface area contributed by atoms with Gasteiger partial charge in [0.1, 0.15) is 0 Å². The molecular weight excluding hydrogens is 176 g/mol. The van der Waals surface area contributed by atoms with E-state index in [4.69, 9.17) is 0 Å². The Kier molecular flexibility index (Phi) is 3.73. The van der Waals surface area contributed by atoms with Crippen molar-refractivity contribution in [1.82, 2.24) is 0 Å². The fourth-order valence-electron chi connectivity index (χ4n) is 1.54. The molecule has 0 radical (unpaired) electrons. The largest absolute Gasteiger partial charge is 0.145 e. The van der Waals surface area contributed by atoms with Crippen LogP contribution in [-0.4, -0.2) is 0 Å². The van der Waals surface area contributed by atoms with Crippen LogP contribution in [0.2, 0.25) is 0 Å². The van der Waals surface area contributed by atoms with Crippen molar-refractivity contribution >= 4 is 17.4 Å². The molecule has 0 aliphatic carbocycles. The highest BCUT2D eigenvalue weighted by atomic mass is 32.1. The molecule has 1 aromatic heterocycles. The van der Waals surface area contributed by atoms with Gasteiger partial charge in [-0.3, -0.25) is 0 Å². The van der Waals surface area contributed by atoms with Gasteiger partial charge in [-0.1, -0.05) is 32.9 Å². The van der Waals surface area contributed by atoms with Crippen LogP contribution in [0.1, 0.15) is 47.9 Å². The van der Waals surface area contributed by atoms with E-state index in [2.05, 4.69) is 33.4 Å². The molecule has 1 aromatic rings. The highest BCUT2D eigenvalue weighted by Crippen LogP contribution is 2.30. The summed E-state index contributed by atoms with van der Waals surface area (Å²) in [5.41, 5.74) is 1.31. The molecule has 1 heteroatoms. The topological polar surface area (TPSA) is 0 Å². The van der Waals surface area contributed by atoms with Gasteiger partial charge >= 0.3 is 0 Å². The Hall–Kier alpha value is -0.560. The Morgan fingerprint density at radius 1 is 1.62 bits per heavy atom. The van der Waals surface area contributed by atoms with E-state index in [9.17, 15) is 0 Å². The van der Waals surface area contributed by atoms with Gasteiger partial charge in [0.05, 0.1) is 0 Å². The minimum Gasteiger partial charge on any atom is -0.145 e. The number of hydrogen-bond donors (Lipinski definition) is 0. The fourth-order valence-corrected chi connectivity index (χ4v) is 2.66. The van der Waals surface area contributed by atoms with E-state index in [1.807, 2.05) is 17.4 Å². The zero-order valence-electron chi connectivity index (χ0n) is 8.76. The van der Waals surface area contributed by atoms with Crippen LogP contribution in [0.5, 0.6) is 0 Å². The quantitative estimate of drug-likeness (QED) is 0.657. The van der Waals surface area contributed by atoms with E-state index in [1.165, 1.54) is 28.2 Å². The normalized spacial score (nSPS) is 12.8. The summed E-state index contributed by atoms with van der Waals surface area (Å²) in [4.78, 5) is 2.90. The maximum absolute atomic E-state index is 3.82. The molecule has 0 aliphatic heterocycles. The Labute approximate surface area is 85.3 Å². The van der Waals surface area contributed by atoms with Crippen molar-refractivity contribution in [2.45, 2.75) is 39.5 Å². The second-order valence-electron chi connectivity index (χ2n) is 3.55. The lowest BCUT2D eigenvalue weighted by molar-refractivity contribution is 0.675. The first-order valence-corrected chi connectivity index (χ1v) is 5.73. The lowest BCUT2D eigenvalue weighted by Crippen LogP contribution is -1.87. The van der Waals surface area contributed by atoms with Crippen LogP contribution in [0.25, 0.3) is 6.08 Å². The molecule has 0 bridgehead atoms. The van der Waals surface area contributed by atoms with Crippen LogP contribution < -0.4 is 0 Å². The van der Waals surface area contributed by atoms with Crippen LogP contribution in [0.15, 0.2) is 12.6 Å². The maximum Gasteiger partial charge on any atom is 0.00894 e. The second-order valence-corrected chi connectivity index (χ2v) is 4.84. The van der Waals surface area contributed by atoms with Gasteiger partial charge in [0.2, 0.25) is 0 Å². The molecule has 1 unspecified atom stereocenters. The molecule has 0 aromatic carbocycles. The smallest absolute Gasteiger partial charge is 0.00894 e. The number of thiophene rings is 1. The Morgan fingerprint density at radius 2 is 2.31 bits per heavy atom. The molecule has 0 spiro atoms. The summed E-state index contributed by atoms with van der Waals surface area (Å²) in [6, 6.07) is 2.29. The van der Waals surface area contributed by atoms with E-state index >= 15 is 0 Å². The monoisotopic (exact) mass is 194 g/mol. The van der Waals surface area contributed by atoms with Crippen molar-refractivity contribution < 1.29 is 0 Å². The van der Waals surface area contributed by atoms with Gasteiger partial charge in [-0.15, -0.1) is 11.3 Å². The standard InChI is InChI=1S/C12H18S/c1-5-7-9(3)12-8-11(6-2)10(4)13-12/h6,8-9H,2,5,7H2,1,3-4H3. The summed E-state index contributed by atoms with van der Waals surface area (Å²) in [6.45, 7) is 10.5. The Morgan fingerprint density at radius 3 is 2.77 bits per heavy atom. The van der Waals surface area contributed by atoms with Crippen LogP contribution in [0.3, 0.4) is 0 Å². The first kappa shape index (κ1) is 10.5. The average Bonchev–Trinajstić information content (AvgIpc) is 2.47. The van der Waals surface area contributed by atoms with Crippen molar-refractivity contribution in [2.75, 3.05) is 0 Å². The van der Waals surface area contributed by atoms with Gasteiger partial charge in [-0.25, -0.2) is 0 Å². The molecule has 0 nitrogen and oxygen atoms in total. The Balaban J connectivity index is 2.83. The average molecular weight is 194 g/mol.